The lowest BCUT2D eigenvalue weighted by Crippen LogP contribution is -2.36. The molecule has 38 heavy (non-hydrogen) atoms. The number of carbonyl (C=O) groups is 3. The topological polar surface area (TPSA) is 121 Å². The zero-order valence-electron chi connectivity index (χ0n) is 21.4. The zero-order valence-corrected chi connectivity index (χ0v) is 21.4. The minimum atomic E-state index is -0.310. The highest BCUT2D eigenvalue weighted by molar-refractivity contribution is 5.98. The van der Waals surface area contributed by atoms with Gasteiger partial charge in [-0.1, -0.05) is 18.2 Å². The summed E-state index contributed by atoms with van der Waals surface area (Å²) in [4.78, 5) is 44.4. The molecule has 0 unspecified atom stereocenters. The van der Waals surface area contributed by atoms with Crippen molar-refractivity contribution in [2.75, 3.05) is 33.3 Å². The van der Waals surface area contributed by atoms with Crippen LogP contribution < -0.4 is 15.4 Å². The molecule has 4 bridgehead atoms. The maximum absolute atomic E-state index is 13.1. The maximum atomic E-state index is 13.1. The van der Waals surface area contributed by atoms with Gasteiger partial charge in [0.1, 0.15) is 17.2 Å². The number of nitrogens with one attached hydrogen (secondary N) is 2. The number of nitrogens with zero attached hydrogens (tertiary/aromatic N) is 2. The molecule has 1 aliphatic rings. The number of amides is 3. The number of aromatic nitrogens is 1. The Morgan fingerprint density at radius 3 is 2.58 bits per heavy atom. The van der Waals surface area contributed by atoms with Crippen molar-refractivity contribution in [3.63, 3.8) is 0 Å². The Bertz CT molecular complexity index is 1300. The molecule has 1 aliphatic heterocycles. The fraction of sp³-hybridized carbons (Fsp3) is 0.310. The average Bonchev–Trinajstić information content (AvgIpc) is 2.94. The van der Waals surface area contributed by atoms with Crippen molar-refractivity contribution in [1.82, 2.24) is 20.5 Å². The number of aromatic hydroxyl groups is 1. The molecule has 0 saturated carbocycles. The fourth-order valence-corrected chi connectivity index (χ4v) is 4.42. The first kappa shape index (κ1) is 26.7. The van der Waals surface area contributed by atoms with Crippen molar-refractivity contribution in [2.45, 2.75) is 25.7 Å². The van der Waals surface area contributed by atoms with Crippen LogP contribution in [-0.2, 0) is 11.2 Å². The molecule has 2 heterocycles. The van der Waals surface area contributed by atoms with E-state index in [4.69, 9.17) is 4.74 Å². The van der Waals surface area contributed by atoms with Gasteiger partial charge >= 0.3 is 0 Å². The van der Waals surface area contributed by atoms with Crippen LogP contribution in [0.1, 0.15) is 45.7 Å². The number of carbonyl (C=O) groups excluding carboxylic acids is 3. The zero-order chi connectivity index (χ0) is 26.9. The number of hydrogen-bond acceptors (Lipinski definition) is 6. The van der Waals surface area contributed by atoms with Crippen LogP contribution in [0.5, 0.6) is 11.5 Å². The number of fused-ring (bicyclic) bond motifs is 5. The lowest BCUT2D eigenvalue weighted by atomic mass is 9.98. The number of pyridine rings is 1. The predicted octanol–water partition coefficient (Wildman–Crippen LogP) is 3.18. The number of hydrogen-bond donors (Lipinski definition) is 3. The molecular formula is C29H32N4O5. The minimum Gasteiger partial charge on any atom is -0.507 e. The van der Waals surface area contributed by atoms with E-state index in [0.717, 1.165) is 5.56 Å². The highest BCUT2D eigenvalue weighted by atomic mass is 16.5. The van der Waals surface area contributed by atoms with Gasteiger partial charge in [0.25, 0.3) is 11.8 Å². The van der Waals surface area contributed by atoms with Crippen molar-refractivity contribution in [3.05, 3.63) is 77.6 Å². The van der Waals surface area contributed by atoms with Crippen LogP contribution in [-0.4, -0.2) is 66.0 Å². The van der Waals surface area contributed by atoms with E-state index in [9.17, 15) is 19.5 Å². The van der Waals surface area contributed by atoms with Gasteiger partial charge < -0.3 is 25.4 Å². The van der Waals surface area contributed by atoms with Crippen LogP contribution in [0, 0.1) is 0 Å². The standard InChI is InChI=1S/C29H32N4O5/c1-38-26-11-9-21-19-23(26)28(36)32-14-5-17-33(29(37)24-6-2-3-13-30-24)16-4-7-27(35)31-15-12-20-8-10-25(34)22(21)18-20/h2-3,6,8-11,13,18-19,34H,4-5,7,12,14-17H2,1H3,(H,31,35)(H,32,36). The van der Waals surface area contributed by atoms with E-state index in [2.05, 4.69) is 15.6 Å². The van der Waals surface area contributed by atoms with Crippen LogP contribution >= 0.6 is 0 Å². The molecule has 4 rings (SSSR count). The second-order valence-corrected chi connectivity index (χ2v) is 9.09. The Hall–Kier alpha value is -4.40. The third kappa shape index (κ3) is 6.67. The molecular weight excluding hydrogens is 484 g/mol. The Kier molecular flexibility index (Phi) is 8.92. The number of phenols is 1. The number of rotatable bonds is 2. The van der Waals surface area contributed by atoms with Gasteiger partial charge in [-0.2, -0.15) is 0 Å². The van der Waals surface area contributed by atoms with Gasteiger partial charge in [0, 0.05) is 44.4 Å². The molecule has 198 valence electrons. The summed E-state index contributed by atoms with van der Waals surface area (Å²) in [5.74, 6) is -0.0918. The van der Waals surface area contributed by atoms with E-state index in [1.54, 1.807) is 53.6 Å². The van der Waals surface area contributed by atoms with Gasteiger partial charge in [-0.05, 0) is 66.8 Å². The van der Waals surface area contributed by atoms with Gasteiger partial charge in [-0.25, -0.2) is 0 Å². The molecule has 3 amide bonds. The van der Waals surface area contributed by atoms with E-state index in [0.29, 0.717) is 73.6 Å². The lowest BCUT2D eigenvalue weighted by Gasteiger charge is -2.22. The van der Waals surface area contributed by atoms with Crippen molar-refractivity contribution in [3.8, 4) is 22.6 Å². The summed E-state index contributed by atoms with van der Waals surface area (Å²) in [5, 5.41) is 16.4. The summed E-state index contributed by atoms with van der Waals surface area (Å²) in [7, 11) is 1.50. The largest absolute Gasteiger partial charge is 0.507 e. The summed E-state index contributed by atoms with van der Waals surface area (Å²) in [5.41, 5.74) is 2.88. The van der Waals surface area contributed by atoms with E-state index < -0.39 is 0 Å². The van der Waals surface area contributed by atoms with Crippen molar-refractivity contribution < 1.29 is 24.2 Å². The van der Waals surface area contributed by atoms with Crippen molar-refractivity contribution in [1.29, 1.82) is 0 Å². The summed E-state index contributed by atoms with van der Waals surface area (Å²) in [6.07, 6.45) is 3.45. The van der Waals surface area contributed by atoms with E-state index in [1.165, 1.54) is 7.11 Å². The molecule has 0 fully saturated rings. The van der Waals surface area contributed by atoms with E-state index >= 15 is 0 Å². The highest BCUT2D eigenvalue weighted by Crippen LogP contribution is 2.33. The summed E-state index contributed by atoms with van der Waals surface area (Å²) in [6.45, 7) is 1.57. The minimum absolute atomic E-state index is 0.0841. The first-order valence-electron chi connectivity index (χ1n) is 12.7. The van der Waals surface area contributed by atoms with Gasteiger partial charge in [0.15, 0.2) is 0 Å². The third-order valence-corrected chi connectivity index (χ3v) is 6.45. The molecule has 3 N–H and O–H groups in total. The second-order valence-electron chi connectivity index (χ2n) is 9.09. The quantitative estimate of drug-likeness (QED) is 0.481. The van der Waals surface area contributed by atoms with Crippen LogP contribution in [0.2, 0.25) is 0 Å². The molecule has 0 aliphatic carbocycles. The van der Waals surface area contributed by atoms with Crippen LogP contribution in [0.15, 0.2) is 60.8 Å². The molecule has 2 aromatic carbocycles. The third-order valence-electron chi connectivity index (χ3n) is 6.45. The van der Waals surface area contributed by atoms with Gasteiger partial charge in [0.2, 0.25) is 5.91 Å². The van der Waals surface area contributed by atoms with Crippen LogP contribution in [0.4, 0.5) is 0 Å². The molecule has 0 spiro atoms. The second kappa shape index (κ2) is 12.7. The van der Waals surface area contributed by atoms with Gasteiger partial charge in [-0.15, -0.1) is 0 Å². The smallest absolute Gasteiger partial charge is 0.272 e. The Balaban J connectivity index is 1.58. The van der Waals surface area contributed by atoms with Gasteiger partial charge in [0.05, 0.1) is 12.7 Å². The van der Waals surface area contributed by atoms with E-state index in [1.807, 2.05) is 12.1 Å². The molecule has 3 aromatic rings. The predicted molar refractivity (Wildman–Crippen MR) is 143 cm³/mol. The van der Waals surface area contributed by atoms with Gasteiger partial charge in [-0.3, -0.25) is 19.4 Å². The molecule has 0 atom stereocenters. The number of phenolic OH excluding ortho intramolecular Hbond substituents is 1. The molecule has 0 radical (unpaired) electrons. The van der Waals surface area contributed by atoms with Crippen LogP contribution in [0.25, 0.3) is 11.1 Å². The number of ether oxygens (including phenoxy) is 1. The summed E-state index contributed by atoms with van der Waals surface area (Å²) >= 11 is 0. The fourth-order valence-electron chi connectivity index (χ4n) is 4.42. The van der Waals surface area contributed by atoms with Crippen LogP contribution in [0.3, 0.4) is 0 Å². The Morgan fingerprint density at radius 2 is 1.79 bits per heavy atom. The van der Waals surface area contributed by atoms with Crippen molar-refractivity contribution >= 4 is 17.7 Å². The van der Waals surface area contributed by atoms with Crippen molar-refractivity contribution in [2.24, 2.45) is 0 Å². The first-order valence-corrected chi connectivity index (χ1v) is 12.7. The SMILES string of the molecule is COc1ccc2cc1C(=O)NCCCN(C(=O)c1ccccn1)CCCC(=O)NCCc1ccc(O)c-2c1. The molecule has 1 aromatic heterocycles. The summed E-state index contributed by atoms with van der Waals surface area (Å²) in [6, 6.07) is 15.6. The summed E-state index contributed by atoms with van der Waals surface area (Å²) < 4.78 is 5.42. The monoisotopic (exact) mass is 516 g/mol. The van der Waals surface area contributed by atoms with E-state index in [-0.39, 0.29) is 29.9 Å². The Labute approximate surface area is 221 Å². The molecule has 0 saturated heterocycles. The average molecular weight is 517 g/mol. The highest BCUT2D eigenvalue weighted by Gasteiger charge is 2.19. The lowest BCUT2D eigenvalue weighted by molar-refractivity contribution is -0.121. The molecule has 9 heteroatoms. The normalized spacial score (nSPS) is 15.3. The molecule has 9 nitrogen and oxygen atoms in total. The maximum Gasteiger partial charge on any atom is 0.272 e. The number of methoxy groups -OCH3 is 1. The number of benzene rings is 2. The first-order chi connectivity index (χ1) is 18.5. The Morgan fingerprint density at radius 1 is 0.947 bits per heavy atom.